The fourth-order valence-corrected chi connectivity index (χ4v) is 19.9. The minimum Gasteiger partial charge on any atom is -0.314 e. The number of para-hydroxylation sites is 2. The van der Waals surface area contributed by atoms with Gasteiger partial charge in [0.15, 0.2) is 0 Å². The maximum absolute atomic E-state index is 3.55. The number of anilines is 8. The van der Waals surface area contributed by atoms with Crippen molar-refractivity contribution in [2.24, 2.45) is 5.92 Å². The van der Waals surface area contributed by atoms with Crippen molar-refractivity contribution in [1.29, 1.82) is 0 Å². The zero-order valence-corrected chi connectivity index (χ0v) is 59.9. The number of aryl methyl sites for hydroxylation is 1. The summed E-state index contributed by atoms with van der Waals surface area (Å²) in [6, 6.07) is 120. The fourth-order valence-electron chi connectivity index (χ4n) is 19.9. The molecule has 4 heteroatoms. The fraction of sp³-hybridized carbons (Fsp3) is 0.109. The highest BCUT2D eigenvalue weighted by Gasteiger charge is 2.56. The highest BCUT2D eigenvalue weighted by molar-refractivity contribution is 7.00. The van der Waals surface area contributed by atoms with Gasteiger partial charge in [-0.1, -0.05) is 316 Å². The Hall–Kier alpha value is -12.4. The molecule has 3 atom stereocenters. The zero-order chi connectivity index (χ0) is 70.5. The van der Waals surface area contributed by atoms with Crippen LogP contribution in [-0.2, 0) is 16.2 Å². The second-order valence-electron chi connectivity index (χ2n) is 28.9. The van der Waals surface area contributed by atoms with Gasteiger partial charge in [0.25, 0.3) is 6.71 Å². The number of fused-ring (bicyclic) bond motifs is 13. The Kier molecular flexibility index (Phi) is 15.3. The molecule has 0 amide bonds. The summed E-state index contributed by atoms with van der Waals surface area (Å²) < 4.78 is 0. The molecule has 0 aromatic heterocycles. The van der Waals surface area contributed by atoms with Crippen LogP contribution in [0.25, 0.3) is 27.8 Å². The third kappa shape index (κ3) is 9.14. The number of benzene rings is 13. The summed E-state index contributed by atoms with van der Waals surface area (Å²) in [6.07, 6.45) is 15.7. The van der Waals surface area contributed by atoms with Crippen LogP contribution in [0.1, 0.15) is 102 Å². The summed E-state index contributed by atoms with van der Waals surface area (Å²) >= 11 is 0. The Bertz CT molecular complexity index is 5840. The van der Waals surface area contributed by atoms with Crippen molar-refractivity contribution in [3.63, 3.8) is 0 Å². The average Bonchev–Trinajstić information content (AvgIpc) is 1.60. The molecule has 105 heavy (non-hydrogen) atoms. The molecular formula is C101H78BN3. The van der Waals surface area contributed by atoms with Crippen LogP contribution < -0.4 is 31.1 Å². The molecule has 0 saturated heterocycles. The predicted octanol–water partition coefficient (Wildman–Crippen LogP) is 23.1. The maximum Gasteiger partial charge on any atom is 0.252 e. The molecule has 0 fully saturated rings. The number of allylic oxidation sites excluding steroid dienone is 10. The topological polar surface area (TPSA) is 9.72 Å². The Morgan fingerprint density at radius 1 is 0.486 bits per heavy atom. The van der Waals surface area contributed by atoms with Crippen LogP contribution in [0.5, 0.6) is 0 Å². The van der Waals surface area contributed by atoms with Crippen LogP contribution in [0, 0.1) is 24.7 Å². The van der Waals surface area contributed by atoms with E-state index in [-0.39, 0.29) is 12.6 Å². The molecular weight excluding hydrogens is 1270 g/mol. The zero-order valence-electron chi connectivity index (χ0n) is 59.9. The third-order valence-electron chi connectivity index (χ3n) is 23.8. The molecule has 500 valence electrons. The first-order chi connectivity index (χ1) is 51.8. The van der Waals surface area contributed by atoms with Crippen LogP contribution >= 0.6 is 0 Å². The highest BCUT2D eigenvalue weighted by Crippen LogP contribution is 2.65. The molecule has 2 aliphatic heterocycles. The van der Waals surface area contributed by atoms with E-state index < -0.39 is 16.2 Å². The second-order valence-corrected chi connectivity index (χ2v) is 28.9. The van der Waals surface area contributed by atoms with Gasteiger partial charge in [0, 0.05) is 74.3 Å². The SMILES string of the molecule is CC=C1/C(=C(\C)N(c2ccccc2)c2cc3c4c(c2)N(c2ccccc2)c2c(ccc5c2-c2ccccc2C5(c2ccccc2)C2C=CC=CC2)B4c2ccc4c(c2N3c2cccc(C)c2)-c2ccccc2C4(/C(C)=C/C#CCC)c2ccccc2)c2ccccc2C1(c1ccccc1)c1ccccc1. The number of nitrogens with zero attached hydrogens (tertiary/aromatic N) is 3. The quantitative estimate of drug-likeness (QED) is 0.0944. The van der Waals surface area contributed by atoms with E-state index in [0.717, 1.165) is 52.7 Å². The van der Waals surface area contributed by atoms with Gasteiger partial charge in [-0.15, -0.1) is 0 Å². The first-order valence-electron chi connectivity index (χ1n) is 37.3. The summed E-state index contributed by atoms with van der Waals surface area (Å²) in [7, 11) is 0. The van der Waals surface area contributed by atoms with Crippen molar-refractivity contribution in [2.75, 3.05) is 14.7 Å². The van der Waals surface area contributed by atoms with Gasteiger partial charge in [-0.3, -0.25) is 0 Å². The highest BCUT2D eigenvalue weighted by atomic mass is 15.2. The lowest BCUT2D eigenvalue weighted by molar-refractivity contribution is 0.457. The van der Waals surface area contributed by atoms with Crippen LogP contribution in [0.3, 0.4) is 0 Å². The molecule has 19 rings (SSSR count). The largest absolute Gasteiger partial charge is 0.314 e. The summed E-state index contributed by atoms with van der Waals surface area (Å²) in [4.78, 5) is 7.98. The van der Waals surface area contributed by atoms with Crippen molar-refractivity contribution < 1.29 is 0 Å². The van der Waals surface area contributed by atoms with Crippen molar-refractivity contribution in [2.45, 2.75) is 63.7 Å². The van der Waals surface area contributed by atoms with Gasteiger partial charge in [0.1, 0.15) is 0 Å². The van der Waals surface area contributed by atoms with E-state index in [0.29, 0.717) is 0 Å². The van der Waals surface area contributed by atoms with Crippen molar-refractivity contribution >= 4 is 74.2 Å². The minimum atomic E-state index is -0.691. The Morgan fingerprint density at radius 3 is 1.60 bits per heavy atom. The molecule has 4 aliphatic carbocycles. The lowest BCUT2D eigenvalue weighted by atomic mass is 9.33. The normalized spacial score (nSPS) is 18.8. The molecule has 0 N–H and O–H groups in total. The van der Waals surface area contributed by atoms with Crippen LogP contribution in [0.15, 0.2) is 369 Å². The monoisotopic (exact) mass is 1340 g/mol. The molecule has 0 spiro atoms. The minimum absolute atomic E-state index is 0.127. The van der Waals surface area contributed by atoms with E-state index >= 15 is 0 Å². The Morgan fingerprint density at radius 2 is 1.00 bits per heavy atom. The second kappa shape index (κ2) is 25.2. The Balaban J connectivity index is 0.986. The molecule has 3 unspecified atom stereocenters. The molecule has 6 aliphatic rings. The van der Waals surface area contributed by atoms with E-state index in [2.05, 4.69) is 413 Å². The molecule has 13 aromatic rings. The number of hydrogen-bond donors (Lipinski definition) is 0. The van der Waals surface area contributed by atoms with Gasteiger partial charge < -0.3 is 14.7 Å². The van der Waals surface area contributed by atoms with E-state index in [1.807, 2.05) is 0 Å². The van der Waals surface area contributed by atoms with Gasteiger partial charge in [0.05, 0.1) is 16.2 Å². The van der Waals surface area contributed by atoms with Gasteiger partial charge >= 0.3 is 0 Å². The summed E-state index contributed by atoms with van der Waals surface area (Å²) in [6.45, 7) is 11.1. The molecule has 0 radical (unpaired) electrons. The average molecular weight is 1340 g/mol. The first kappa shape index (κ1) is 63.5. The molecule has 2 heterocycles. The van der Waals surface area contributed by atoms with Gasteiger partial charge in [-0.2, -0.15) is 0 Å². The molecule has 3 nitrogen and oxygen atoms in total. The molecule has 0 saturated carbocycles. The van der Waals surface area contributed by atoms with Crippen molar-refractivity contribution in [1.82, 2.24) is 0 Å². The van der Waals surface area contributed by atoms with Crippen LogP contribution in [0.2, 0.25) is 0 Å². The standard InChI is InChI=1S/C101H78BN3/c1-6-8-16-39-69(4)99(71-40-17-9-18-41-71)84-58-34-32-56-81(84)94-87(99)61-63-90-98(94)105(78-54-37-38-68(3)65-78)92-67-79(103(76-50-27-14-28-51-76)70(5)93-80-55-31-35-59-85(80)100(83(93)7-2,72-42-19-10-20-43-72)73-44-21-11-22-45-73)66-91-96(92)102(90)89-64-62-88-95(97(89)104(91)77-52-29-15-30-53-77)82-57-33-36-60-86(82)101(88,74-46-23-12-24-47-74)75-48-25-13-26-49-75/h7,9-15,17-48,50-67,75H,6,49H2,1-5H3/b69-39+,83-7?,93-70+. The number of hydrogen-bond acceptors (Lipinski definition) is 3. The summed E-state index contributed by atoms with van der Waals surface area (Å²) in [5, 5.41) is 0. The van der Waals surface area contributed by atoms with Gasteiger partial charge in [-0.25, -0.2) is 0 Å². The van der Waals surface area contributed by atoms with E-state index in [4.69, 9.17) is 0 Å². The molecule has 13 aromatic carbocycles. The Labute approximate surface area is 618 Å². The predicted molar refractivity (Wildman–Crippen MR) is 441 cm³/mol. The van der Waals surface area contributed by atoms with Gasteiger partial charge in [-0.05, 0) is 195 Å². The smallest absolute Gasteiger partial charge is 0.252 e. The van der Waals surface area contributed by atoms with E-state index in [1.54, 1.807) is 0 Å². The van der Waals surface area contributed by atoms with E-state index in [1.165, 1.54) is 128 Å². The third-order valence-corrected chi connectivity index (χ3v) is 23.8. The van der Waals surface area contributed by atoms with Crippen molar-refractivity contribution in [3.05, 3.63) is 430 Å². The lowest BCUT2D eigenvalue weighted by Crippen LogP contribution is -2.61. The van der Waals surface area contributed by atoms with Crippen LogP contribution in [-0.4, -0.2) is 6.71 Å². The maximum atomic E-state index is 3.55. The number of rotatable bonds is 11. The summed E-state index contributed by atoms with van der Waals surface area (Å²) in [5.41, 5.74) is 34.4. The summed E-state index contributed by atoms with van der Waals surface area (Å²) in [5.74, 6) is 7.13. The van der Waals surface area contributed by atoms with E-state index in [9.17, 15) is 0 Å². The van der Waals surface area contributed by atoms with Crippen LogP contribution in [0.4, 0.5) is 45.5 Å². The lowest BCUT2D eigenvalue weighted by Gasteiger charge is -2.47. The molecule has 0 bridgehead atoms. The van der Waals surface area contributed by atoms with Crippen molar-refractivity contribution in [3.8, 4) is 34.1 Å². The van der Waals surface area contributed by atoms with Gasteiger partial charge in [0.2, 0.25) is 0 Å². The first-order valence-corrected chi connectivity index (χ1v) is 37.3.